The lowest BCUT2D eigenvalue weighted by molar-refractivity contribution is -0.116. The van der Waals surface area contributed by atoms with Gasteiger partial charge in [-0.1, -0.05) is 17.7 Å². The first-order valence-corrected chi connectivity index (χ1v) is 8.68. The van der Waals surface area contributed by atoms with Crippen molar-refractivity contribution in [1.29, 1.82) is 0 Å². The maximum atomic E-state index is 12.0. The summed E-state index contributed by atoms with van der Waals surface area (Å²) in [5, 5.41) is 4.68. The van der Waals surface area contributed by atoms with E-state index in [4.69, 9.17) is 21.1 Å². The highest BCUT2D eigenvalue weighted by Gasteiger charge is 2.12. The molecular weight excluding hydrogens is 352 g/mol. The fourth-order valence-electron chi connectivity index (χ4n) is 2.93. The minimum absolute atomic E-state index is 0.138. The molecule has 0 saturated heterocycles. The number of nitrogens with one attached hydrogen (secondary N) is 2. The number of rotatable bonds is 5. The van der Waals surface area contributed by atoms with Crippen LogP contribution in [0.15, 0.2) is 48.7 Å². The fourth-order valence-corrected chi connectivity index (χ4v) is 3.10. The van der Waals surface area contributed by atoms with Gasteiger partial charge < -0.3 is 19.8 Å². The molecule has 1 aliphatic rings. The third kappa shape index (κ3) is 3.53. The van der Waals surface area contributed by atoms with Crippen molar-refractivity contribution < 1.29 is 14.3 Å². The van der Waals surface area contributed by atoms with Crippen molar-refractivity contribution in [2.75, 3.05) is 13.3 Å². The van der Waals surface area contributed by atoms with Crippen LogP contribution in [0.25, 0.3) is 17.0 Å². The number of carbonyl (C=O) groups is 1. The predicted octanol–water partition coefficient (Wildman–Crippen LogP) is 3.92. The Morgan fingerprint density at radius 2 is 2.08 bits per heavy atom. The quantitative estimate of drug-likeness (QED) is 0.671. The molecule has 2 N–H and O–H groups in total. The number of benzene rings is 2. The molecule has 0 atom stereocenters. The van der Waals surface area contributed by atoms with Crippen molar-refractivity contribution in [3.63, 3.8) is 0 Å². The Balaban J connectivity index is 1.33. The number of hydrogen-bond donors (Lipinski definition) is 2. The van der Waals surface area contributed by atoms with E-state index < -0.39 is 0 Å². The minimum Gasteiger partial charge on any atom is -0.454 e. The van der Waals surface area contributed by atoms with Crippen LogP contribution in [0.1, 0.15) is 11.1 Å². The highest BCUT2D eigenvalue weighted by molar-refractivity contribution is 6.31. The number of H-pyrrole nitrogens is 1. The molecule has 0 radical (unpaired) electrons. The van der Waals surface area contributed by atoms with E-state index >= 15 is 0 Å². The summed E-state index contributed by atoms with van der Waals surface area (Å²) in [5.41, 5.74) is 3.05. The Morgan fingerprint density at radius 3 is 3.00 bits per heavy atom. The van der Waals surface area contributed by atoms with Crippen LogP contribution in [-0.4, -0.2) is 24.2 Å². The predicted molar refractivity (Wildman–Crippen MR) is 102 cm³/mol. The van der Waals surface area contributed by atoms with E-state index in [0.717, 1.165) is 34.2 Å². The molecular formula is C20H17ClN2O3. The zero-order valence-electron chi connectivity index (χ0n) is 13.9. The highest BCUT2D eigenvalue weighted by Crippen LogP contribution is 2.32. The van der Waals surface area contributed by atoms with Crippen LogP contribution in [0, 0.1) is 0 Å². The van der Waals surface area contributed by atoms with E-state index in [9.17, 15) is 4.79 Å². The summed E-state index contributed by atoms with van der Waals surface area (Å²) >= 11 is 6.06. The van der Waals surface area contributed by atoms with Crippen LogP contribution >= 0.6 is 11.6 Å². The summed E-state index contributed by atoms with van der Waals surface area (Å²) in [6.07, 6.45) is 5.95. The van der Waals surface area contributed by atoms with Gasteiger partial charge in [0.15, 0.2) is 11.5 Å². The zero-order chi connectivity index (χ0) is 17.9. The first kappa shape index (κ1) is 16.5. The molecule has 26 heavy (non-hydrogen) atoms. The van der Waals surface area contributed by atoms with E-state index in [1.165, 1.54) is 6.08 Å². The van der Waals surface area contributed by atoms with Crippen LogP contribution in [0.3, 0.4) is 0 Å². The van der Waals surface area contributed by atoms with Gasteiger partial charge in [0.2, 0.25) is 12.7 Å². The van der Waals surface area contributed by atoms with Crippen LogP contribution in [0.2, 0.25) is 5.02 Å². The summed E-state index contributed by atoms with van der Waals surface area (Å²) in [6, 6.07) is 11.3. The van der Waals surface area contributed by atoms with Gasteiger partial charge >= 0.3 is 0 Å². The molecule has 0 fully saturated rings. The molecule has 3 aromatic rings. The van der Waals surface area contributed by atoms with Gasteiger partial charge in [-0.25, -0.2) is 0 Å². The lowest BCUT2D eigenvalue weighted by atomic mass is 10.1. The monoisotopic (exact) mass is 368 g/mol. The molecule has 0 saturated carbocycles. The molecule has 2 heterocycles. The molecule has 5 nitrogen and oxygen atoms in total. The second-order valence-electron chi connectivity index (χ2n) is 5.99. The average molecular weight is 369 g/mol. The van der Waals surface area contributed by atoms with E-state index in [1.54, 1.807) is 6.08 Å². The van der Waals surface area contributed by atoms with Crippen molar-refractivity contribution in [2.24, 2.45) is 0 Å². The third-order valence-electron chi connectivity index (χ3n) is 4.25. The summed E-state index contributed by atoms with van der Waals surface area (Å²) < 4.78 is 10.6. The Kier molecular flexibility index (Phi) is 4.54. The van der Waals surface area contributed by atoms with E-state index in [2.05, 4.69) is 10.3 Å². The van der Waals surface area contributed by atoms with Gasteiger partial charge in [0.25, 0.3) is 0 Å². The van der Waals surface area contributed by atoms with Gasteiger partial charge in [-0.05, 0) is 54.0 Å². The molecule has 4 rings (SSSR count). The second kappa shape index (κ2) is 7.14. The third-order valence-corrected chi connectivity index (χ3v) is 4.48. The second-order valence-corrected chi connectivity index (χ2v) is 6.43. The molecule has 2 aromatic carbocycles. The molecule has 1 aromatic heterocycles. The summed E-state index contributed by atoms with van der Waals surface area (Å²) in [5.74, 6) is 1.29. The molecule has 132 valence electrons. The summed E-state index contributed by atoms with van der Waals surface area (Å²) in [4.78, 5) is 15.2. The maximum absolute atomic E-state index is 12.0. The SMILES string of the molecule is O=C(/C=C/c1ccc2c(c1)OCO2)NCCc1c[nH]c2ccc(Cl)cc12. The number of carbonyl (C=O) groups excluding carboxylic acids is 1. The maximum Gasteiger partial charge on any atom is 0.244 e. The number of ether oxygens (including phenoxy) is 2. The Bertz CT molecular complexity index is 994. The number of halogens is 1. The normalized spacial score (nSPS) is 12.8. The average Bonchev–Trinajstić information content (AvgIpc) is 3.26. The number of hydrogen-bond acceptors (Lipinski definition) is 3. The zero-order valence-corrected chi connectivity index (χ0v) is 14.7. The van der Waals surface area contributed by atoms with Gasteiger partial charge in [0, 0.05) is 34.7 Å². The Hall–Kier alpha value is -2.92. The van der Waals surface area contributed by atoms with E-state index in [-0.39, 0.29) is 12.7 Å². The van der Waals surface area contributed by atoms with Crippen molar-refractivity contribution in [2.45, 2.75) is 6.42 Å². The molecule has 1 amide bonds. The molecule has 0 spiro atoms. The largest absolute Gasteiger partial charge is 0.454 e. The van der Waals surface area contributed by atoms with Crippen molar-refractivity contribution >= 4 is 34.5 Å². The summed E-state index contributed by atoms with van der Waals surface area (Å²) in [7, 11) is 0. The van der Waals surface area contributed by atoms with Crippen molar-refractivity contribution in [3.05, 3.63) is 64.8 Å². The van der Waals surface area contributed by atoms with Crippen molar-refractivity contribution in [3.8, 4) is 11.5 Å². The first-order chi connectivity index (χ1) is 12.7. The van der Waals surface area contributed by atoms with Crippen LogP contribution in [0.5, 0.6) is 11.5 Å². The number of aromatic amines is 1. The van der Waals surface area contributed by atoms with Gasteiger partial charge in [0.1, 0.15) is 0 Å². The van der Waals surface area contributed by atoms with Gasteiger partial charge in [0.05, 0.1) is 0 Å². The molecule has 0 unspecified atom stereocenters. The van der Waals surface area contributed by atoms with Gasteiger partial charge in [-0.3, -0.25) is 4.79 Å². The minimum atomic E-state index is -0.138. The lowest BCUT2D eigenvalue weighted by Gasteiger charge is -2.02. The first-order valence-electron chi connectivity index (χ1n) is 8.30. The Morgan fingerprint density at radius 1 is 1.19 bits per heavy atom. The van der Waals surface area contributed by atoms with Crippen LogP contribution < -0.4 is 14.8 Å². The fraction of sp³-hybridized carbons (Fsp3) is 0.150. The summed E-state index contributed by atoms with van der Waals surface area (Å²) in [6.45, 7) is 0.784. The molecule has 1 aliphatic heterocycles. The van der Waals surface area contributed by atoms with Gasteiger partial charge in [-0.2, -0.15) is 0 Å². The molecule has 0 aliphatic carbocycles. The number of aromatic nitrogens is 1. The smallest absolute Gasteiger partial charge is 0.244 e. The molecule has 6 heteroatoms. The number of amides is 1. The van der Waals surface area contributed by atoms with E-state index in [0.29, 0.717) is 17.3 Å². The van der Waals surface area contributed by atoms with Crippen molar-refractivity contribution in [1.82, 2.24) is 10.3 Å². The lowest BCUT2D eigenvalue weighted by Crippen LogP contribution is -2.23. The molecule has 0 bridgehead atoms. The highest BCUT2D eigenvalue weighted by atomic mass is 35.5. The van der Waals surface area contributed by atoms with Crippen LogP contribution in [-0.2, 0) is 11.2 Å². The topological polar surface area (TPSA) is 63.4 Å². The number of fused-ring (bicyclic) bond motifs is 2. The Labute approximate surface area is 155 Å². The van der Waals surface area contributed by atoms with Crippen LogP contribution in [0.4, 0.5) is 0 Å². The van der Waals surface area contributed by atoms with Gasteiger partial charge in [-0.15, -0.1) is 0 Å². The standard InChI is InChI=1S/C20H17ClN2O3/c21-15-3-4-17-16(10-15)14(11-23-17)7-8-22-20(24)6-2-13-1-5-18-19(9-13)26-12-25-18/h1-6,9-11,23H,7-8,12H2,(H,22,24)/b6-2+. The van der Waals surface area contributed by atoms with E-state index in [1.807, 2.05) is 42.6 Å².